The van der Waals surface area contributed by atoms with E-state index in [0.717, 1.165) is 5.56 Å². The molecule has 0 aliphatic rings. The van der Waals surface area contributed by atoms with Crippen LogP contribution in [0.5, 0.6) is 0 Å². The van der Waals surface area contributed by atoms with E-state index in [4.69, 9.17) is 5.73 Å². The monoisotopic (exact) mass is 218 g/mol. The molecule has 0 atom stereocenters. The van der Waals surface area contributed by atoms with Crippen molar-refractivity contribution in [2.24, 2.45) is 0 Å². The highest BCUT2D eigenvalue weighted by molar-refractivity contribution is 5.79. The van der Waals surface area contributed by atoms with Crippen molar-refractivity contribution in [1.29, 1.82) is 0 Å². The number of aromatic nitrogens is 3. The molecule has 2 N–H and O–H groups in total. The van der Waals surface area contributed by atoms with Gasteiger partial charge in [0.1, 0.15) is 12.1 Å². The quantitative estimate of drug-likeness (QED) is 0.782. The Morgan fingerprint density at radius 3 is 2.75 bits per heavy atom. The second-order valence-corrected chi connectivity index (χ2v) is 4.11. The lowest BCUT2D eigenvalue weighted by Gasteiger charge is -2.10. The Hall–Kier alpha value is -1.91. The highest BCUT2D eigenvalue weighted by atomic mass is 16.1. The average Bonchev–Trinajstić information content (AvgIpc) is 2.15. The summed E-state index contributed by atoms with van der Waals surface area (Å²) in [7, 11) is 0. The number of nitrogen functional groups attached to an aromatic ring is 1. The Labute approximate surface area is 92.9 Å². The first-order valence-electron chi connectivity index (χ1n) is 5.14. The molecule has 0 aliphatic heterocycles. The summed E-state index contributed by atoms with van der Waals surface area (Å²) in [5.41, 5.74) is 6.78. The van der Waals surface area contributed by atoms with E-state index in [2.05, 4.69) is 9.97 Å². The summed E-state index contributed by atoms with van der Waals surface area (Å²) in [5.74, 6) is 0.388. The molecule has 2 aromatic heterocycles. The second-order valence-electron chi connectivity index (χ2n) is 4.11. The fourth-order valence-corrected chi connectivity index (χ4v) is 1.70. The number of nitrogens with two attached hydrogens (primary N) is 1. The van der Waals surface area contributed by atoms with Crippen LogP contribution in [-0.2, 0) is 0 Å². The minimum atomic E-state index is -0.0648. The van der Waals surface area contributed by atoms with Gasteiger partial charge in [-0.25, -0.2) is 9.97 Å². The summed E-state index contributed by atoms with van der Waals surface area (Å²) >= 11 is 0. The Morgan fingerprint density at radius 1 is 1.44 bits per heavy atom. The standard InChI is InChI=1S/C11H14N4O/c1-6(2)15-5-13-10-9(11(15)16)7(3)4-8(12)14-10/h4-6H,1-3H3,(H2,12,14). The molecule has 0 bridgehead atoms. The maximum atomic E-state index is 12.1. The van der Waals surface area contributed by atoms with Crippen molar-refractivity contribution < 1.29 is 0 Å². The number of nitrogens with zero attached hydrogens (tertiary/aromatic N) is 3. The molecule has 0 saturated carbocycles. The summed E-state index contributed by atoms with van der Waals surface area (Å²) in [5, 5.41) is 0.547. The van der Waals surface area contributed by atoms with Crippen LogP contribution < -0.4 is 11.3 Å². The van der Waals surface area contributed by atoms with Crippen molar-refractivity contribution in [2.75, 3.05) is 5.73 Å². The van der Waals surface area contributed by atoms with Gasteiger partial charge < -0.3 is 5.73 Å². The zero-order valence-electron chi connectivity index (χ0n) is 9.56. The van der Waals surface area contributed by atoms with Crippen LogP contribution in [0.25, 0.3) is 11.0 Å². The first-order valence-corrected chi connectivity index (χ1v) is 5.14. The zero-order valence-corrected chi connectivity index (χ0v) is 9.56. The summed E-state index contributed by atoms with van der Waals surface area (Å²) < 4.78 is 1.59. The molecular formula is C11H14N4O. The van der Waals surface area contributed by atoms with Crippen molar-refractivity contribution in [3.8, 4) is 0 Å². The van der Waals surface area contributed by atoms with Gasteiger partial charge in [-0.3, -0.25) is 9.36 Å². The highest BCUT2D eigenvalue weighted by Crippen LogP contribution is 2.13. The van der Waals surface area contributed by atoms with Gasteiger partial charge in [-0.1, -0.05) is 0 Å². The van der Waals surface area contributed by atoms with Crippen LogP contribution in [0.3, 0.4) is 0 Å². The summed E-state index contributed by atoms with van der Waals surface area (Å²) in [6.07, 6.45) is 1.52. The molecule has 2 heterocycles. The molecule has 0 amide bonds. The topological polar surface area (TPSA) is 73.8 Å². The molecule has 5 heteroatoms. The van der Waals surface area contributed by atoms with Gasteiger partial charge in [0.05, 0.1) is 5.39 Å². The lowest BCUT2D eigenvalue weighted by molar-refractivity contribution is 0.573. The van der Waals surface area contributed by atoms with E-state index in [1.165, 1.54) is 6.33 Å². The SMILES string of the molecule is Cc1cc(N)nc2ncn(C(C)C)c(=O)c12. The third-order valence-corrected chi connectivity index (χ3v) is 2.53. The third kappa shape index (κ3) is 1.54. The predicted octanol–water partition coefficient (Wildman–Crippen LogP) is 1.26. The van der Waals surface area contributed by atoms with Gasteiger partial charge in [0.25, 0.3) is 5.56 Å². The molecule has 0 unspecified atom stereocenters. The summed E-state index contributed by atoms with van der Waals surface area (Å²) in [4.78, 5) is 20.4. The summed E-state index contributed by atoms with van der Waals surface area (Å²) in [6, 6.07) is 1.78. The number of fused-ring (bicyclic) bond motifs is 1. The van der Waals surface area contributed by atoms with Gasteiger partial charge in [0.2, 0.25) is 0 Å². The van der Waals surface area contributed by atoms with Gasteiger partial charge in [-0.2, -0.15) is 0 Å². The van der Waals surface area contributed by atoms with Crippen LogP contribution in [-0.4, -0.2) is 14.5 Å². The minimum Gasteiger partial charge on any atom is -0.384 e. The van der Waals surface area contributed by atoms with Gasteiger partial charge in [0, 0.05) is 6.04 Å². The van der Waals surface area contributed by atoms with Crippen molar-refractivity contribution in [2.45, 2.75) is 26.8 Å². The fraction of sp³-hybridized carbons (Fsp3) is 0.364. The van der Waals surface area contributed by atoms with Crippen molar-refractivity contribution in [1.82, 2.24) is 14.5 Å². The van der Waals surface area contributed by atoms with Crippen LogP contribution in [0.2, 0.25) is 0 Å². The van der Waals surface area contributed by atoms with E-state index in [1.54, 1.807) is 10.6 Å². The number of hydrogen-bond donors (Lipinski definition) is 1. The molecule has 2 rings (SSSR count). The molecule has 0 aliphatic carbocycles. The van der Waals surface area contributed by atoms with E-state index in [1.807, 2.05) is 20.8 Å². The van der Waals surface area contributed by atoms with Crippen LogP contribution >= 0.6 is 0 Å². The molecule has 0 radical (unpaired) electrons. The van der Waals surface area contributed by atoms with E-state index < -0.39 is 0 Å². The van der Waals surface area contributed by atoms with Gasteiger partial charge >= 0.3 is 0 Å². The molecule has 0 spiro atoms. The summed E-state index contributed by atoms with van der Waals surface area (Å²) in [6.45, 7) is 5.72. The number of rotatable bonds is 1. The fourth-order valence-electron chi connectivity index (χ4n) is 1.70. The lowest BCUT2D eigenvalue weighted by Crippen LogP contribution is -2.23. The average molecular weight is 218 g/mol. The van der Waals surface area contributed by atoms with E-state index in [9.17, 15) is 4.79 Å². The molecule has 5 nitrogen and oxygen atoms in total. The number of hydrogen-bond acceptors (Lipinski definition) is 4. The van der Waals surface area contributed by atoms with Crippen LogP contribution in [0.15, 0.2) is 17.2 Å². The van der Waals surface area contributed by atoms with Gasteiger partial charge in [0.15, 0.2) is 5.65 Å². The lowest BCUT2D eigenvalue weighted by atomic mass is 10.2. The first-order chi connectivity index (χ1) is 7.50. The maximum absolute atomic E-state index is 12.1. The normalized spacial score (nSPS) is 11.2. The Morgan fingerprint density at radius 2 is 2.12 bits per heavy atom. The predicted molar refractivity (Wildman–Crippen MR) is 63.3 cm³/mol. The Balaban J connectivity index is 2.90. The van der Waals surface area contributed by atoms with E-state index >= 15 is 0 Å². The second kappa shape index (κ2) is 3.59. The molecular weight excluding hydrogens is 204 g/mol. The van der Waals surface area contributed by atoms with Gasteiger partial charge in [-0.15, -0.1) is 0 Å². The van der Waals surface area contributed by atoms with Crippen molar-refractivity contribution in [3.05, 3.63) is 28.3 Å². The molecule has 0 aromatic carbocycles. The maximum Gasteiger partial charge on any atom is 0.263 e. The largest absolute Gasteiger partial charge is 0.384 e. The van der Waals surface area contributed by atoms with Crippen molar-refractivity contribution >= 4 is 16.9 Å². The van der Waals surface area contributed by atoms with Crippen LogP contribution in [0.4, 0.5) is 5.82 Å². The van der Waals surface area contributed by atoms with Crippen molar-refractivity contribution in [3.63, 3.8) is 0 Å². The Bertz CT molecular complexity index is 601. The van der Waals surface area contributed by atoms with Crippen LogP contribution in [0.1, 0.15) is 25.5 Å². The number of aryl methyl sites for hydroxylation is 1. The first kappa shape index (κ1) is 10.6. The molecule has 0 fully saturated rings. The molecule has 84 valence electrons. The number of pyridine rings is 1. The molecule has 0 saturated heterocycles. The van der Waals surface area contributed by atoms with Crippen LogP contribution in [0, 0.1) is 6.92 Å². The Kier molecular flexibility index (Phi) is 2.38. The smallest absolute Gasteiger partial charge is 0.263 e. The highest BCUT2D eigenvalue weighted by Gasteiger charge is 2.10. The van der Waals surface area contributed by atoms with E-state index in [0.29, 0.717) is 16.9 Å². The van der Waals surface area contributed by atoms with Gasteiger partial charge in [-0.05, 0) is 32.4 Å². The molecule has 2 aromatic rings. The minimum absolute atomic E-state index is 0.0648. The number of anilines is 1. The molecule has 16 heavy (non-hydrogen) atoms. The third-order valence-electron chi connectivity index (χ3n) is 2.53. The zero-order chi connectivity index (χ0) is 11.9. The van der Waals surface area contributed by atoms with E-state index in [-0.39, 0.29) is 11.6 Å².